The van der Waals surface area contributed by atoms with Crippen molar-refractivity contribution in [2.75, 3.05) is 16.3 Å². The molecule has 2 rings (SSSR count). The maximum Gasteiger partial charge on any atom is 0.310 e. The molecule has 0 bridgehead atoms. The van der Waals surface area contributed by atoms with Gasteiger partial charge in [0.1, 0.15) is 10.7 Å². The Hall–Kier alpha value is -2.45. The first-order valence-corrected chi connectivity index (χ1v) is 13.2. The van der Waals surface area contributed by atoms with E-state index in [1.165, 1.54) is 13.8 Å². The maximum absolute atomic E-state index is 14.3. The summed E-state index contributed by atoms with van der Waals surface area (Å²) in [4.78, 5) is -2.11. The van der Waals surface area contributed by atoms with Crippen LogP contribution in [0.5, 0.6) is 0 Å². The Kier molecular flexibility index (Phi) is 6.34. The summed E-state index contributed by atoms with van der Waals surface area (Å²) in [5.41, 5.74) is -2.20. The highest BCUT2D eigenvalue weighted by atomic mass is 32.5. The van der Waals surface area contributed by atoms with Crippen molar-refractivity contribution in [3.8, 4) is 0 Å². The third kappa shape index (κ3) is 6.12. The van der Waals surface area contributed by atoms with Crippen molar-refractivity contribution in [1.82, 2.24) is 0 Å². The fourth-order valence-corrected chi connectivity index (χ4v) is 4.64. The highest BCUT2D eigenvalue weighted by Crippen LogP contribution is 3.02. The molecule has 0 fully saturated rings. The second kappa shape index (κ2) is 7.81. The number of sulfonamides is 1. The molecule has 0 aromatic heterocycles. The van der Waals surface area contributed by atoms with Gasteiger partial charge >= 0.3 is 10.2 Å². The molecule has 0 saturated carbocycles. The number of rotatable bonds is 9. The number of hydrogen-bond donors (Lipinski definition) is 4. The van der Waals surface area contributed by atoms with Crippen molar-refractivity contribution >= 4 is 37.8 Å². The predicted molar refractivity (Wildman–Crippen MR) is 118 cm³/mol. The zero-order chi connectivity index (χ0) is 25.5. The summed E-state index contributed by atoms with van der Waals surface area (Å²) in [5.74, 6) is -0.916. The monoisotopic (exact) mass is 519 g/mol. The molecular weight excluding hydrogens is 496 g/mol. The molecule has 186 valence electrons. The van der Waals surface area contributed by atoms with Crippen LogP contribution in [0.25, 0.3) is 0 Å². The van der Waals surface area contributed by atoms with Gasteiger partial charge in [-0.15, -0.1) is 0 Å². The molecule has 0 saturated heterocycles. The third-order valence-electron chi connectivity index (χ3n) is 5.03. The number of hydrogen-bond acceptors (Lipinski definition) is 5. The van der Waals surface area contributed by atoms with Crippen LogP contribution in [0.2, 0.25) is 0 Å². The number of benzene rings is 2. The Morgan fingerprint density at radius 3 is 2.03 bits per heavy atom. The largest absolute Gasteiger partial charge is 0.391 e. The van der Waals surface area contributed by atoms with Crippen LogP contribution >= 0.6 is 10.2 Å². The Balaban J connectivity index is 2.68. The van der Waals surface area contributed by atoms with E-state index in [0.717, 1.165) is 36.7 Å². The fourth-order valence-electron chi connectivity index (χ4n) is 3.42. The van der Waals surface area contributed by atoms with Crippen LogP contribution in [0.4, 0.5) is 35.2 Å². The van der Waals surface area contributed by atoms with Crippen molar-refractivity contribution in [1.29, 1.82) is 5.41 Å². The van der Waals surface area contributed by atoms with Crippen LogP contribution in [0.15, 0.2) is 41.3 Å². The summed E-state index contributed by atoms with van der Waals surface area (Å²) in [5, 5.41) is 20.9. The molecule has 2 atom stereocenters. The predicted octanol–water partition coefficient (Wildman–Crippen LogP) is 5.95. The van der Waals surface area contributed by atoms with Crippen molar-refractivity contribution in [3.05, 3.63) is 53.3 Å². The van der Waals surface area contributed by atoms with Gasteiger partial charge in [0.2, 0.25) is 10.0 Å². The van der Waals surface area contributed by atoms with Crippen LogP contribution in [0.3, 0.4) is 0 Å². The average molecular weight is 520 g/mol. The first kappa shape index (κ1) is 26.8. The van der Waals surface area contributed by atoms with Crippen molar-refractivity contribution in [2.24, 2.45) is 0 Å². The van der Waals surface area contributed by atoms with Crippen molar-refractivity contribution in [2.45, 2.75) is 36.8 Å². The van der Waals surface area contributed by atoms with Crippen molar-refractivity contribution in [3.63, 3.8) is 0 Å². The van der Waals surface area contributed by atoms with E-state index in [1.54, 1.807) is 0 Å². The minimum atomic E-state index is -9.92. The van der Waals surface area contributed by atoms with Gasteiger partial charge in [-0.2, -0.15) is 0 Å². The molecule has 0 aliphatic carbocycles. The van der Waals surface area contributed by atoms with Crippen LogP contribution in [-0.4, -0.2) is 32.1 Å². The zero-order valence-corrected chi connectivity index (χ0v) is 19.3. The number of halogens is 6. The molecule has 6 nitrogen and oxygen atoms in total. The summed E-state index contributed by atoms with van der Waals surface area (Å²) >= 11 is 0. The highest BCUT2D eigenvalue weighted by molar-refractivity contribution is 8.45. The van der Waals surface area contributed by atoms with Crippen LogP contribution in [-0.2, 0) is 15.6 Å². The number of anilines is 2. The molecule has 0 heterocycles. The topological polar surface area (TPSA) is 102 Å². The van der Waals surface area contributed by atoms with Gasteiger partial charge in [0.15, 0.2) is 0 Å². The average Bonchev–Trinajstić information content (AvgIpc) is 2.62. The lowest BCUT2D eigenvalue weighted by Crippen LogP contribution is -2.45. The quantitative estimate of drug-likeness (QED) is 0.243. The van der Waals surface area contributed by atoms with Gasteiger partial charge in [-0.25, -0.2) is 12.8 Å². The highest BCUT2D eigenvalue weighted by Gasteiger charge is 2.65. The molecule has 0 amide bonds. The summed E-state index contributed by atoms with van der Waals surface area (Å²) < 4.78 is 105. The molecule has 2 aromatic rings. The molecule has 4 N–H and O–H groups in total. The van der Waals surface area contributed by atoms with E-state index in [0.29, 0.717) is 0 Å². The van der Waals surface area contributed by atoms with Crippen molar-refractivity contribution < 1.29 is 37.3 Å². The number of aliphatic hydroxyl groups is 1. The molecule has 2 aromatic carbocycles. The summed E-state index contributed by atoms with van der Waals surface area (Å²) in [6, 6.07) is 3.68. The Morgan fingerprint density at radius 1 is 1.12 bits per heavy atom. The van der Waals surface area contributed by atoms with E-state index >= 15 is 0 Å². The lowest BCUT2D eigenvalue weighted by Gasteiger charge is -2.42. The summed E-state index contributed by atoms with van der Waals surface area (Å²) in [7, 11) is -13.8. The molecule has 2 unspecified atom stereocenters. The van der Waals surface area contributed by atoms with Gasteiger partial charge < -0.3 is 15.8 Å². The molecule has 0 spiro atoms. The standard InChI is InChI=1S/C19H23F6N3O3S2/c1-4-19(12(2)29,13-5-7-15(8-6-13)33(21,22,23,24)25)27-17-9-14(20)10-18(16(17)11-26)28-32(3,30)31/h5-12,26-29H,4H2,1-3H3. The fraction of sp³-hybridized carbons (Fsp3) is 0.316. The van der Waals surface area contributed by atoms with Gasteiger partial charge in [-0.1, -0.05) is 38.5 Å². The van der Waals surface area contributed by atoms with Gasteiger partial charge in [0.05, 0.1) is 23.6 Å². The van der Waals surface area contributed by atoms with Crippen LogP contribution in [0, 0.1) is 11.2 Å². The van der Waals surface area contributed by atoms with E-state index in [-0.39, 0.29) is 41.1 Å². The van der Waals surface area contributed by atoms with E-state index in [1.807, 2.05) is 0 Å². The Bertz CT molecular complexity index is 1170. The van der Waals surface area contributed by atoms with E-state index in [4.69, 9.17) is 5.41 Å². The molecular formula is C19H23F6N3O3S2. The van der Waals surface area contributed by atoms with E-state index in [2.05, 4.69) is 10.0 Å². The zero-order valence-electron chi connectivity index (χ0n) is 17.7. The van der Waals surface area contributed by atoms with E-state index in [9.17, 15) is 37.3 Å². The van der Waals surface area contributed by atoms with Crippen LogP contribution < -0.4 is 10.0 Å². The lowest BCUT2D eigenvalue weighted by atomic mass is 9.82. The van der Waals surface area contributed by atoms with E-state index < -0.39 is 42.6 Å². The molecule has 0 aliphatic rings. The Labute approximate surface area is 187 Å². The van der Waals surface area contributed by atoms with Gasteiger partial charge in [0.25, 0.3) is 0 Å². The summed E-state index contributed by atoms with van der Waals surface area (Å²) in [6.07, 6.45) is 0.171. The Morgan fingerprint density at radius 2 is 1.64 bits per heavy atom. The van der Waals surface area contributed by atoms with Gasteiger partial charge in [-0.05, 0) is 43.2 Å². The summed E-state index contributed by atoms with van der Waals surface area (Å²) in [6.45, 7) is 2.82. The number of aliphatic hydroxyl groups excluding tert-OH is 1. The second-order valence-electron chi connectivity index (χ2n) is 7.55. The normalized spacial score (nSPS) is 17.3. The van der Waals surface area contributed by atoms with Crippen LogP contribution in [0.1, 0.15) is 31.4 Å². The molecule has 14 heteroatoms. The SMILES string of the molecule is CCC(Nc1cc(F)cc(NS(C)(=O)=O)c1C=N)(c1ccc(S(F)(F)(F)(F)F)cc1)C(C)O. The minimum absolute atomic E-state index is 0.0107. The lowest BCUT2D eigenvalue weighted by molar-refractivity contribution is 0.109. The first-order chi connectivity index (χ1) is 14.7. The molecule has 0 radical (unpaired) electrons. The number of nitrogens with one attached hydrogen (secondary N) is 3. The molecule has 33 heavy (non-hydrogen) atoms. The van der Waals surface area contributed by atoms with Gasteiger partial charge in [-0.3, -0.25) is 4.72 Å². The minimum Gasteiger partial charge on any atom is -0.391 e. The van der Waals surface area contributed by atoms with Gasteiger partial charge in [0, 0.05) is 17.5 Å². The maximum atomic E-state index is 14.3. The smallest absolute Gasteiger partial charge is 0.310 e. The first-order valence-electron chi connectivity index (χ1n) is 9.35. The second-order valence-corrected chi connectivity index (χ2v) is 11.7. The molecule has 0 aliphatic heterocycles. The third-order valence-corrected chi connectivity index (χ3v) is 6.78.